The average molecular weight is 229 g/mol. The minimum absolute atomic E-state index is 0.186. The predicted octanol–water partition coefficient (Wildman–Crippen LogP) is 3.49. The summed E-state index contributed by atoms with van der Waals surface area (Å²) in [6.45, 7) is 6.15. The van der Waals surface area contributed by atoms with Crippen molar-refractivity contribution in [1.82, 2.24) is 4.98 Å². The lowest BCUT2D eigenvalue weighted by Gasteiger charge is -2.32. The van der Waals surface area contributed by atoms with Gasteiger partial charge in [0.05, 0.1) is 5.60 Å². The van der Waals surface area contributed by atoms with Gasteiger partial charge in [0.25, 0.3) is 0 Å². The molecule has 1 N–H and O–H groups in total. The van der Waals surface area contributed by atoms with Gasteiger partial charge in [-0.3, -0.25) is 4.98 Å². The van der Waals surface area contributed by atoms with Gasteiger partial charge in [-0.2, -0.15) is 0 Å². The van der Waals surface area contributed by atoms with E-state index in [0.717, 1.165) is 16.3 Å². The maximum atomic E-state index is 10.8. The summed E-state index contributed by atoms with van der Waals surface area (Å²) < 4.78 is 0. The maximum absolute atomic E-state index is 10.8. The highest BCUT2D eigenvalue weighted by atomic mass is 16.3. The lowest BCUT2D eigenvalue weighted by Crippen LogP contribution is -2.31. The molecule has 1 aromatic carbocycles. The van der Waals surface area contributed by atoms with Crippen molar-refractivity contribution in [2.24, 2.45) is 5.92 Å². The van der Waals surface area contributed by atoms with E-state index in [-0.39, 0.29) is 5.92 Å². The molecule has 2 rings (SSSR count). The fourth-order valence-corrected chi connectivity index (χ4v) is 2.41. The SMILES string of the molecule is CCC(O)(c1cccc2cnccc12)C(C)C. The molecular formula is C15H19NO. The molecule has 2 nitrogen and oxygen atoms in total. The summed E-state index contributed by atoms with van der Waals surface area (Å²) in [4.78, 5) is 4.13. The zero-order valence-electron chi connectivity index (χ0n) is 10.6. The van der Waals surface area contributed by atoms with Gasteiger partial charge in [0, 0.05) is 17.8 Å². The van der Waals surface area contributed by atoms with E-state index < -0.39 is 5.60 Å². The second-order valence-electron chi connectivity index (χ2n) is 4.83. The Morgan fingerprint density at radius 3 is 2.71 bits per heavy atom. The Kier molecular flexibility index (Phi) is 3.16. The van der Waals surface area contributed by atoms with Gasteiger partial charge in [0.15, 0.2) is 0 Å². The number of benzene rings is 1. The van der Waals surface area contributed by atoms with Crippen LogP contribution in [0.2, 0.25) is 0 Å². The number of hydrogen-bond donors (Lipinski definition) is 1. The average Bonchev–Trinajstić information content (AvgIpc) is 2.37. The van der Waals surface area contributed by atoms with Crippen molar-refractivity contribution >= 4 is 10.8 Å². The molecule has 0 aliphatic rings. The zero-order valence-corrected chi connectivity index (χ0v) is 10.6. The number of aliphatic hydroxyl groups is 1. The van der Waals surface area contributed by atoms with Gasteiger partial charge in [0.1, 0.15) is 0 Å². The van der Waals surface area contributed by atoms with Crippen molar-refractivity contribution < 1.29 is 5.11 Å². The van der Waals surface area contributed by atoms with E-state index in [0.29, 0.717) is 6.42 Å². The number of fused-ring (bicyclic) bond motifs is 1. The van der Waals surface area contributed by atoms with Gasteiger partial charge in [-0.15, -0.1) is 0 Å². The zero-order chi connectivity index (χ0) is 12.5. The van der Waals surface area contributed by atoms with Crippen LogP contribution in [0.15, 0.2) is 36.7 Å². The topological polar surface area (TPSA) is 33.1 Å². The number of nitrogens with zero attached hydrogens (tertiary/aromatic N) is 1. The first-order valence-corrected chi connectivity index (χ1v) is 6.15. The monoisotopic (exact) mass is 229 g/mol. The molecule has 0 aliphatic carbocycles. The summed E-state index contributed by atoms with van der Waals surface area (Å²) in [5.41, 5.74) is 0.246. The number of aromatic nitrogens is 1. The van der Waals surface area contributed by atoms with Crippen molar-refractivity contribution in [2.45, 2.75) is 32.8 Å². The molecule has 0 saturated carbocycles. The van der Waals surface area contributed by atoms with Gasteiger partial charge < -0.3 is 5.11 Å². The number of rotatable bonds is 3. The van der Waals surface area contributed by atoms with Crippen LogP contribution < -0.4 is 0 Å². The molecule has 0 fully saturated rings. The quantitative estimate of drug-likeness (QED) is 0.874. The van der Waals surface area contributed by atoms with E-state index in [1.807, 2.05) is 37.4 Å². The third-order valence-electron chi connectivity index (χ3n) is 3.64. The Morgan fingerprint density at radius 1 is 1.29 bits per heavy atom. The first-order valence-electron chi connectivity index (χ1n) is 6.15. The van der Waals surface area contributed by atoms with Crippen molar-refractivity contribution in [3.8, 4) is 0 Å². The van der Waals surface area contributed by atoms with E-state index >= 15 is 0 Å². The molecule has 0 aliphatic heterocycles. The smallest absolute Gasteiger partial charge is 0.0922 e. The van der Waals surface area contributed by atoms with Crippen molar-refractivity contribution in [1.29, 1.82) is 0 Å². The van der Waals surface area contributed by atoms with Gasteiger partial charge in [-0.1, -0.05) is 39.0 Å². The molecule has 0 radical (unpaired) electrons. The van der Waals surface area contributed by atoms with Crippen molar-refractivity contribution in [2.75, 3.05) is 0 Å². The Morgan fingerprint density at radius 2 is 2.06 bits per heavy atom. The fourth-order valence-electron chi connectivity index (χ4n) is 2.41. The second kappa shape index (κ2) is 4.46. The van der Waals surface area contributed by atoms with Crippen LogP contribution in [0.25, 0.3) is 10.8 Å². The van der Waals surface area contributed by atoms with Gasteiger partial charge in [-0.25, -0.2) is 0 Å². The predicted molar refractivity (Wildman–Crippen MR) is 70.8 cm³/mol. The molecule has 0 amide bonds. The summed E-state index contributed by atoms with van der Waals surface area (Å²) >= 11 is 0. The highest BCUT2D eigenvalue weighted by molar-refractivity contribution is 5.85. The molecular weight excluding hydrogens is 210 g/mol. The fraction of sp³-hybridized carbons (Fsp3) is 0.400. The van der Waals surface area contributed by atoms with Gasteiger partial charge in [-0.05, 0) is 29.4 Å². The molecule has 2 heteroatoms. The Hall–Kier alpha value is -1.41. The van der Waals surface area contributed by atoms with E-state index in [1.54, 1.807) is 6.20 Å². The van der Waals surface area contributed by atoms with Crippen LogP contribution in [-0.2, 0) is 5.60 Å². The molecule has 1 atom stereocenters. The molecule has 0 spiro atoms. The highest BCUT2D eigenvalue weighted by Gasteiger charge is 2.32. The highest BCUT2D eigenvalue weighted by Crippen LogP contribution is 2.36. The third kappa shape index (κ3) is 1.93. The van der Waals surface area contributed by atoms with Crippen LogP contribution in [0.5, 0.6) is 0 Å². The normalized spacial score (nSPS) is 15.1. The molecule has 17 heavy (non-hydrogen) atoms. The second-order valence-corrected chi connectivity index (χ2v) is 4.83. The molecule has 2 aromatic rings. The molecule has 1 heterocycles. The van der Waals surface area contributed by atoms with E-state index in [4.69, 9.17) is 0 Å². The Labute approximate surface area is 102 Å². The Bertz CT molecular complexity index is 516. The standard InChI is InChI=1S/C15H19NO/c1-4-15(17,11(2)3)14-7-5-6-12-10-16-9-8-13(12)14/h5-11,17H,4H2,1-3H3. The maximum Gasteiger partial charge on any atom is 0.0922 e. The van der Waals surface area contributed by atoms with Gasteiger partial charge >= 0.3 is 0 Å². The first-order chi connectivity index (χ1) is 8.09. The summed E-state index contributed by atoms with van der Waals surface area (Å²) in [7, 11) is 0. The summed E-state index contributed by atoms with van der Waals surface area (Å²) in [5.74, 6) is 0.186. The van der Waals surface area contributed by atoms with Crippen molar-refractivity contribution in [3.63, 3.8) is 0 Å². The van der Waals surface area contributed by atoms with Crippen molar-refractivity contribution in [3.05, 3.63) is 42.2 Å². The minimum atomic E-state index is -0.763. The Balaban J connectivity index is 2.70. The van der Waals surface area contributed by atoms with E-state index in [2.05, 4.69) is 18.8 Å². The lowest BCUT2D eigenvalue weighted by molar-refractivity contribution is -0.0126. The molecule has 90 valence electrons. The summed E-state index contributed by atoms with van der Waals surface area (Å²) in [6, 6.07) is 8.02. The minimum Gasteiger partial charge on any atom is -0.385 e. The van der Waals surface area contributed by atoms with E-state index in [9.17, 15) is 5.11 Å². The first kappa shape index (κ1) is 12.1. The van der Waals surface area contributed by atoms with Crippen LogP contribution in [0.3, 0.4) is 0 Å². The largest absolute Gasteiger partial charge is 0.385 e. The van der Waals surface area contributed by atoms with Crippen LogP contribution in [0, 0.1) is 5.92 Å². The summed E-state index contributed by atoms with van der Waals surface area (Å²) in [6.07, 6.45) is 4.34. The molecule has 1 aromatic heterocycles. The van der Waals surface area contributed by atoms with Gasteiger partial charge in [0.2, 0.25) is 0 Å². The van der Waals surface area contributed by atoms with Crippen LogP contribution >= 0.6 is 0 Å². The van der Waals surface area contributed by atoms with Crippen LogP contribution in [0.4, 0.5) is 0 Å². The van der Waals surface area contributed by atoms with E-state index in [1.165, 1.54) is 0 Å². The number of pyridine rings is 1. The molecule has 0 bridgehead atoms. The molecule has 1 unspecified atom stereocenters. The lowest BCUT2D eigenvalue weighted by atomic mass is 9.79. The van der Waals surface area contributed by atoms with Crippen LogP contribution in [-0.4, -0.2) is 10.1 Å². The molecule has 0 saturated heterocycles. The number of hydrogen-bond acceptors (Lipinski definition) is 2. The van der Waals surface area contributed by atoms with Crippen LogP contribution in [0.1, 0.15) is 32.8 Å². The third-order valence-corrected chi connectivity index (χ3v) is 3.64. The summed E-state index contributed by atoms with van der Waals surface area (Å²) in [5, 5.41) is 13.0.